The van der Waals surface area contributed by atoms with Crippen LogP contribution >= 0.6 is 0 Å². The Morgan fingerprint density at radius 3 is 2.58 bits per heavy atom. The first kappa shape index (κ1) is 13.9. The highest BCUT2D eigenvalue weighted by atomic mass is 15.2. The Hall–Kier alpha value is -0.0800. The second-order valence-corrected chi connectivity index (χ2v) is 7.08. The van der Waals surface area contributed by atoms with Crippen LogP contribution in [0.15, 0.2) is 0 Å². The molecule has 2 heteroatoms. The van der Waals surface area contributed by atoms with Crippen molar-refractivity contribution in [3.05, 3.63) is 0 Å². The highest BCUT2D eigenvalue weighted by molar-refractivity contribution is 4.88. The number of hydrogen-bond acceptors (Lipinski definition) is 2. The van der Waals surface area contributed by atoms with E-state index in [0.717, 1.165) is 18.0 Å². The van der Waals surface area contributed by atoms with Crippen molar-refractivity contribution in [3.63, 3.8) is 0 Å². The number of nitrogens with zero attached hydrogens (tertiary/aromatic N) is 1. The molecule has 3 aliphatic rings. The van der Waals surface area contributed by atoms with Crippen molar-refractivity contribution < 1.29 is 0 Å². The second-order valence-electron chi connectivity index (χ2n) is 7.08. The molecule has 0 spiro atoms. The lowest BCUT2D eigenvalue weighted by Gasteiger charge is -2.37. The van der Waals surface area contributed by atoms with Crippen LogP contribution < -0.4 is 5.32 Å². The zero-order valence-corrected chi connectivity index (χ0v) is 12.6. The first-order valence-corrected chi connectivity index (χ1v) is 8.91. The van der Waals surface area contributed by atoms with E-state index in [-0.39, 0.29) is 0 Å². The van der Waals surface area contributed by atoms with Crippen molar-refractivity contribution in [2.45, 2.75) is 82.7 Å². The van der Waals surface area contributed by atoms with Crippen LogP contribution in [0, 0.1) is 5.92 Å². The van der Waals surface area contributed by atoms with Crippen LogP contribution in [0.25, 0.3) is 0 Å². The zero-order chi connectivity index (χ0) is 12.9. The van der Waals surface area contributed by atoms with Gasteiger partial charge < -0.3 is 10.2 Å². The summed E-state index contributed by atoms with van der Waals surface area (Å²) in [5.41, 5.74) is 0. The summed E-state index contributed by atoms with van der Waals surface area (Å²) < 4.78 is 0. The van der Waals surface area contributed by atoms with Gasteiger partial charge in [0.2, 0.25) is 0 Å². The van der Waals surface area contributed by atoms with Crippen LogP contribution in [0.5, 0.6) is 0 Å². The minimum absolute atomic E-state index is 0.896. The van der Waals surface area contributed by atoms with Crippen molar-refractivity contribution in [2.75, 3.05) is 19.6 Å². The number of fused-ring (bicyclic) bond motifs is 1. The molecule has 0 aromatic carbocycles. The van der Waals surface area contributed by atoms with Crippen LogP contribution in [-0.2, 0) is 0 Å². The molecule has 0 aromatic heterocycles. The molecular weight excluding hydrogens is 232 g/mol. The topological polar surface area (TPSA) is 15.3 Å². The van der Waals surface area contributed by atoms with E-state index >= 15 is 0 Å². The van der Waals surface area contributed by atoms with Crippen LogP contribution in [0.1, 0.15) is 70.6 Å². The molecule has 1 heterocycles. The quantitative estimate of drug-likeness (QED) is 0.674. The van der Waals surface area contributed by atoms with E-state index in [0.29, 0.717) is 0 Å². The maximum Gasteiger partial charge on any atom is 0.0123 e. The van der Waals surface area contributed by atoms with Gasteiger partial charge in [0, 0.05) is 12.1 Å². The summed E-state index contributed by atoms with van der Waals surface area (Å²) in [7, 11) is 0. The Kier molecular flexibility index (Phi) is 5.17. The smallest absolute Gasteiger partial charge is 0.0123 e. The normalized spacial score (nSPS) is 31.6. The molecule has 3 fully saturated rings. The second kappa shape index (κ2) is 7.08. The number of piperidine rings is 1. The monoisotopic (exact) mass is 264 g/mol. The van der Waals surface area contributed by atoms with Crippen LogP contribution in [0.3, 0.4) is 0 Å². The predicted octanol–water partition coefficient (Wildman–Crippen LogP) is 3.56. The Balaban J connectivity index is 1.23. The lowest BCUT2D eigenvalue weighted by Crippen LogP contribution is -2.42. The predicted molar refractivity (Wildman–Crippen MR) is 81.4 cm³/mol. The third kappa shape index (κ3) is 4.19. The molecule has 0 aromatic rings. The molecule has 2 aliphatic carbocycles. The van der Waals surface area contributed by atoms with E-state index in [1.165, 1.54) is 90.3 Å². The van der Waals surface area contributed by atoms with Crippen molar-refractivity contribution in [1.82, 2.24) is 10.2 Å². The van der Waals surface area contributed by atoms with E-state index in [2.05, 4.69) is 10.2 Å². The van der Waals surface area contributed by atoms with Crippen molar-refractivity contribution in [2.24, 2.45) is 5.92 Å². The third-order valence-corrected chi connectivity index (χ3v) is 5.49. The Morgan fingerprint density at radius 2 is 1.68 bits per heavy atom. The van der Waals surface area contributed by atoms with Gasteiger partial charge in [-0.25, -0.2) is 0 Å². The lowest BCUT2D eigenvalue weighted by atomic mass is 9.92. The SMILES string of the molecule is C(CCCN1CCCC2CCCC21)CCNC1CC1. The first-order chi connectivity index (χ1) is 9.43. The number of likely N-dealkylation sites (tertiary alicyclic amines) is 1. The molecular formula is C17H32N2. The fourth-order valence-electron chi connectivity index (χ4n) is 4.22. The molecule has 1 aliphatic heterocycles. The summed E-state index contributed by atoms with van der Waals surface area (Å²) >= 11 is 0. The largest absolute Gasteiger partial charge is 0.314 e. The van der Waals surface area contributed by atoms with Gasteiger partial charge in [0.05, 0.1) is 0 Å². The minimum Gasteiger partial charge on any atom is -0.314 e. The number of nitrogens with one attached hydrogen (secondary N) is 1. The molecule has 2 unspecified atom stereocenters. The van der Waals surface area contributed by atoms with Crippen molar-refractivity contribution in [3.8, 4) is 0 Å². The molecule has 110 valence electrons. The summed E-state index contributed by atoms with van der Waals surface area (Å²) in [6.45, 7) is 4.04. The average molecular weight is 264 g/mol. The van der Waals surface area contributed by atoms with Gasteiger partial charge in [0.25, 0.3) is 0 Å². The number of hydrogen-bond donors (Lipinski definition) is 1. The van der Waals surface area contributed by atoms with Gasteiger partial charge in [-0.15, -0.1) is 0 Å². The van der Waals surface area contributed by atoms with Gasteiger partial charge in [-0.3, -0.25) is 0 Å². The molecule has 2 nitrogen and oxygen atoms in total. The van der Waals surface area contributed by atoms with E-state index in [4.69, 9.17) is 0 Å². The number of rotatable bonds is 8. The average Bonchev–Trinajstić information content (AvgIpc) is 3.12. The minimum atomic E-state index is 0.896. The van der Waals surface area contributed by atoms with Crippen molar-refractivity contribution >= 4 is 0 Å². The molecule has 1 saturated heterocycles. The van der Waals surface area contributed by atoms with Crippen LogP contribution in [0.4, 0.5) is 0 Å². The third-order valence-electron chi connectivity index (χ3n) is 5.49. The summed E-state index contributed by atoms with van der Waals surface area (Å²) in [6, 6.07) is 1.87. The van der Waals surface area contributed by atoms with Crippen LogP contribution in [0.2, 0.25) is 0 Å². The number of unbranched alkanes of at least 4 members (excludes halogenated alkanes) is 3. The van der Waals surface area contributed by atoms with Crippen molar-refractivity contribution in [1.29, 1.82) is 0 Å². The van der Waals surface area contributed by atoms with E-state index in [9.17, 15) is 0 Å². The first-order valence-electron chi connectivity index (χ1n) is 8.91. The molecule has 2 saturated carbocycles. The highest BCUT2D eigenvalue weighted by Gasteiger charge is 2.34. The molecule has 0 radical (unpaired) electrons. The fourth-order valence-corrected chi connectivity index (χ4v) is 4.22. The van der Waals surface area contributed by atoms with Gasteiger partial charge >= 0.3 is 0 Å². The zero-order valence-electron chi connectivity index (χ0n) is 12.6. The summed E-state index contributed by atoms with van der Waals surface area (Å²) in [5.74, 6) is 1.07. The molecule has 0 bridgehead atoms. The standard InChI is InChI=1S/C17H32N2/c1(3-12-18-16-10-11-16)2-4-13-19-14-6-8-15-7-5-9-17(15)19/h15-18H,1-14H2. The van der Waals surface area contributed by atoms with Gasteiger partial charge in [-0.2, -0.15) is 0 Å². The Labute approximate surface area is 119 Å². The van der Waals surface area contributed by atoms with E-state index < -0.39 is 0 Å². The summed E-state index contributed by atoms with van der Waals surface area (Å²) in [6.07, 6.45) is 16.1. The molecule has 2 atom stereocenters. The summed E-state index contributed by atoms with van der Waals surface area (Å²) in [5, 5.41) is 3.62. The maximum absolute atomic E-state index is 3.62. The summed E-state index contributed by atoms with van der Waals surface area (Å²) in [4.78, 5) is 2.84. The van der Waals surface area contributed by atoms with E-state index in [1.807, 2.05) is 0 Å². The fraction of sp³-hybridized carbons (Fsp3) is 1.00. The van der Waals surface area contributed by atoms with Gasteiger partial charge in [-0.05, 0) is 76.9 Å². The van der Waals surface area contributed by atoms with Crippen LogP contribution in [-0.4, -0.2) is 36.6 Å². The Bertz CT molecular complexity index is 262. The maximum atomic E-state index is 3.62. The van der Waals surface area contributed by atoms with Gasteiger partial charge in [-0.1, -0.05) is 19.3 Å². The lowest BCUT2D eigenvalue weighted by molar-refractivity contribution is 0.111. The Morgan fingerprint density at radius 1 is 0.842 bits per heavy atom. The molecule has 0 amide bonds. The van der Waals surface area contributed by atoms with Gasteiger partial charge in [0.15, 0.2) is 0 Å². The van der Waals surface area contributed by atoms with Gasteiger partial charge in [0.1, 0.15) is 0 Å². The molecule has 19 heavy (non-hydrogen) atoms. The van der Waals surface area contributed by atoms with E-state index in [1.54, 1.807) is 0 Å². The molecule has 3 rings (SSSR count). The molecule has 1 N–H and O–H groups in total. The highest BCUT2D eigenvalue weighted by Crippen LogP contribution is 2.36.